The molecule has 3 heteroatoms. The molecule has 1 aliphatic carbocycles. The van der Waals surface area contributed by atoms with Crippen molar-refractivity contribution in [1.29, 1.82) is 0 Å². The van der Waals surface area contributed by atoms with Crippen LogP contribution in [0.1, 0.15) is 55.2 Å². The maximum absolute atomic E-state index is 9.66. The molecule has 2 atom stereocenters. The molecule has 1 aromatic rings. The van der Waals surface area contributed by atoms with Gasteiger partial charge in [-0.2, -0.15) is 0 Å². The van der Waals surface area contributed by atoms with Crippen molar-refractivity contribution in [1.82, 2.24) is 0 Å². The van der Waals surface area contributed by atoms with E-state index in [1.54, 1.807) is 0 Å². The second-order valence-corrected chi connectivity index (χ2v) is 5.93. The lowest BCUT2D eigenvalue weighted by atomic mass is 9.85. The SMILES string of the molecule is CCC(CC(O)CO)c1cc2c(cc1Cl)CCCC2. The summed E-state index contributed by atoms with van der Waals surface area (Å²) in [4.78, 5) is 0. The summed E-state index contributed by atoms with van der Waals surface area (Å²) in [5.74, 6) is 0.224. The van der Waals surface area contributed by atoms with E-state index in [0.29, 0.717) is 6.42 Å². The largest absolute Gasteiger partial charge is 0.394 e. The van der Waals surface area contributed by atoms with Gasteiger partial charge in [0.2, 0.25) is 0 Å². The second kappa shape index (κ2) is 6.74. The van der Waals surface area contributed by atoms with Gasteiger partial charge in [-0.25, -0.2) is 0 Å². The summed E-state index contributed by atoms with van der Waals surface area (Å²) in [6.45, 7) is 1.92. The summed E-state index contributed by atoms with van der Waals surface area (Å²) in [6, 6.07) is 4.34. The van der Waals surface area contributed by atoms with Crippen molar-refractivity contribution in [3.63, 3.8) is 0 Å². The van der Waals surface area contributed by atoms with Crippen molar-refractivity contribution in [2.45, 2.75) is 57.5 Å². The lowest BCUT2D eigenvalue weighted by Gasteiger charge is -2.23. The third-order valence-electron chi connectivity index (χ3n) is 4.16. The molecular weight excluding hydrogens is 260 g/mol. The topological polar surface area (TPSA) is 40.5 Å². The lowest BCUT2D eigenvalue weighted by Crippen LogP contribution is -2.17. The summed E-state index contributed by atoms with van der Waals surface area (Å²) in [5, 5.41) is 19.5. The molecule has 1 aliphatic rings. The van der Waals surface area contributed by atoms with Crippen LogP contribution in [0.4, 0.5) is 0 Å². The van der Waals surface area contributed by atoms with Gasteiger partial charge >= 0.3 is 0 Å². The van der Waals surface area contributed by atoms with Crippen LogP contribution in [0.2, 0.25) is 5.02 Å². The number of aryl methyl sites for hydroxylation is 2. The van der Waals surface area contributed by atoms with Crippen molar-refractivity contribution in [2.75, 3.05) is 6.61 Å². The zero-order valence-corrected chi connectivity index (χ0v) is 12.3. The van der Waals surface area contributed by atoms with Gasteiger partial charge in [0.1, 0.15) is 0 Å². The molecule has 0 saturated heterocycles. The van der Waals surface area contributed by atoms with Crippen LogP contribution in [0.3, 0.4) is 0 Å². The van der Waals surface area contributed by atoms with Gasteiger partial charge in [0, 0.05) is 5.02 Å². The summed E-state index contributed by atoms with van der Waals surface area (Å²) < 4.78 is 0. The van der Waals surface area contributed by atoms with Crippen LogP contribution < -0.4 is 0 Å². The average Bonchev–Trinajstić information content (AvgIpc) is 2.44. The first kappa shape index (κ1) is 14.8. The van der Waals surface area contributed by atoms with Crippen LogP contribution in [0.25, 0.3) is 0 Å². The van der Waals surface area contributed by atoms with Crippen LogP contribution in [0, 0.1) is 0 Å². The number of hydrogen-bond donors (Lipinski definition) is 2. The van der Waals surface area contributed by atoms with Gasteiger partial charge < -0.3 is 10.2 Å². The highest BCUT2D eigenvalue weighted by Gasteiger charge is 2.20. The van der Waals surface area contributed by atoms with Gasteiger partial charge in [0.05, 0.1) is 12.7 Å². The minimum atomic E-state index is -0.656. The van der Waals surface area contributed by atoms with E-state index in [9.17, 15) is 5.11 Å². The fourth-order valence-electron chi connectivity index (χ4n) is 3.00. The van der Waals surface area contributed by atoms with Gasteiger partial charge in [0.25, 0.3) is 0 Å². The summed E-state index contributed by atoms with van der Waals surface area (Å²) in [7, 11) is 0. The van der Waals surface area contributed by atoms with Crippen molar-refractivity contribution >= 4 is 11.6 Å². The van der Waals surface area contributed by atoms with E-state index < -0.39 is 6.10 Å². The Morgan fingerprint density at radius 1 is 1.21 bits per heavy atom. The number of halogens is 1. The summed E-state index contributed by atoms with van der Waals surface area (Å²) in [6.07, 6.45) is 5.62. The zero-order chi connectivity index (χ0) is 13.8. The van der Waals surface area contributed by atoms with E-state index in [0.717, 1.165) is 29.8 Å². The first-order valence-corrected chi connectivity index (χ1v) is 7.63. The standard InChI is InChI=1S/C16H23ClO2/c1-2-11(7-14(19)10-18)15-8-12-5-3-4-6-13(12)9-16(15)17/h8-9,11,14,18-19H,2-7,10H2,1H3. The Kier molecular flexibility index (Phi) is 5.26. The van der Waals surface area contributed by atoms with E-state index in [1.807, 2.05) is 0 Å². The Hall–Kier alpha value is -0.570. The molecule has 2 unspecified atom stereocenters. The molecule has 0 saturated carbocycles. The molecule has 0 spiro atoms. The number of aliphatic hydroxyl groups is 2. The highest BCUT2D eigenvalue weighted by molar-refractivity contribution is 6.31. The molecule has 19 heavy (non-hydrogen) atoms. The minimum Gasteiger partial charge on any atom is -0.394 e. The van der Waals surface area contributed by atoms with Gasteiger partial charge in [-0.15, -0.1) is 0 Å². The Morgan fingerprint density at radius 3 is 2.42 bits per heavy atom. The van der Waals surface area contributed by atoms with Crippen molar-refractivity contribution in [2.24, 2.45) is 0 Å². The first-order chi connectivity index (χ1) is 9.15. The van der Waals surface area contributed by atoms with E-state index in [-0.39, 0.29) is 12.5 Å². The lowest BCUT2D eigenvalue weighted by molar-refractivity contribution is 0.0817. The fourth-order valence-corrected chi connectivity index (χ4v) is 3.34. The molecule has 1 aromatic carbocycles. The maximum atomic E-state index is 9.66. The fraction of sp³-hybridized carbons (Fsp3) is 0.625. The van der Waals surface area contributed by atoms with E-state index in [2.05, 4.69) is 19.1 Å². The molecule has 0 radical (unpaired) electrons. The third kappa shape index (κ3) is 3.50. The van der Waals surface area contributed by atoms with Gasteiger partial charge in [-0.05, 0) is 67.2 Å². The second-order valence-electron chi connectivity index (χ2n) is 5.53. The number of fused-ring (bicyclic) bond motifs is 1. The van der Waals surface area contributed by atoms with Crippen LogP contribution in [-0.4, -0.2) is 22.9 Å². The maximum Gasteiger partial charge on any atom is 0.0776 e. The Morgan fingerprint density at radius 2 is 1.84 bits per heavy atom. The molecule has 2 rings (SSSR count). The summed E-state index contributed by atoms with van der Waals surface area (Å²) in [5.41, 5.74) is 3.94. The van der Waals surface area contributed by atoms with Crippen LogP contribution in [0.15, 0.2) is 12.1 Å². The quantitative estimate of drug-likeness (QED) is 0.868. The normalized spacial score (nSPS) is 17.9. The number of benzene rings is 1. The number of hydrogen-bond acceptors (Lipinski definition) is 2. The monoisotopic (exact) mass is 282 g/mol. The molecule has 0 aromatic heterocycles. The van der Waals surface area contributed by atoms with E-state index >= 15 is 0 Å². The molecule has 0 aliphatic heterocycles. The molecule has 2 N–H and O–H groups in total. The molecule has 106 valence electrons. The predicted octanol–water partition coefficient (Wildman–Crippen LogP) is 3.46. The predicted molar refractivity (Wildman–Crippen MR) is 78.8 cm³/mol. The van der Waals surface area contributed by atoms with Crippen molar-refractivity contribution < 1.29 is 10.2 Å². The Labute approximate surface area is 120 Å². The van der Waals surface area contributed by atoms with Gasteiger partial charge in [0.15, 0.2) is 0 Å². The summed E-state index contributed by atoms with van der Waals surface area (Å²) >= 11 is 6.42. The first-order valence-electron chi connectivity index (χ1n) is 7.25. The average molecular weight is 283 g/mol. The van der Waals surface area contributed by atoms with Crippen molar-refractivity contribution in [3.05, 3.63) is 33.8 Å². The smallest absolute Gasteiger partial charge is 0.0776 e. The highest BCUT2D eigenvalue weighted by Crippen LogP contribution is 2.35. The van der Waals surface area contributed by atoms with E-state index in [4.69, 9.17) is 16.7 Å². The molecular formula is C16H23ClO2. The Balaban J connectivity index is 2.26. The van der Waals surface area contributed by atoms with Crippen LogP contribution in [0.5, 0.6) is 0 Å². The molecule has 0 amide bonds. The third-order valence-corrected chi connectivity index (χ3v) is 4.49. The number of rotatable bonds is 5. The molecule has 0 fully saturated rings. The molecule has 0 heterocycles. The van der Waals surface area contributed by atoms with Crippen molar-refractivity contribution in [3.8, 4) is 0 Å². The van der Waals surface area contributed by atoms with Crippen LogP contribution >= 0.6 is 11.6 Å². The van der Waals surface area contributed by atoms with Crippen LogP contribution in [-0.2, 0) is 12.8 Å². The van der Waals surface area contributed by atoms with E-state index in [1.165, 1.54) is 24.0 Å². The van der Waals surface area contributed by atoms with Gasteiger partial charge in [-0.1, -0.05) is 24.6 Å². The van der Waals surface area contributed by atoms with Gasteiger partial charge in [-0.3, -0.25) is 0 Å². The number of aliphatic hydroxyl groups excluding tert-OH is 2. The molecule has 0 bridgehead atoms. The Bertz CT molecular complexity index is 431. The zero-order valence-electron chi connectivity index (χ0n) is 11.5. The highest BCUT2D eigenvalue weighted by atomic mass is 35.5. The molecule has 2 nitrogen and oxygen atoms in total. The minimum absolute atomic E-state index is 0.181.